The molecule has 1 fully saturated rings. The predicted octanol–water partition coefficient (Wildman–Crippen LogP) is 1.80. The molecule has 1 aromatic heterocycles. The number of rotatable bonds is 4. The van der Waals surface area contributed by atoms with Gasteiger partial charge in [-0.1, -0.05) is 6.92 Å². The molecule has 6 heteroatoms. The number of thiophene rings is 1. The van der Waals surface area contributed by atoms with Crippen molar-refractivity contribution in [2.75, 3.05) is 26.2 Å². The number of nitrogens with zero attached hydrogens (tertiary/aromatic N) is 1. The van der Waals surface area contributed by atoms with Gasteiger partial charge in [0.15, 0.2) is 0 Å². The van der Waals surface area contributed by atoms with Crippen LogP contribution in [-0.2, 0) is 17.6 Å². The number of nitrogens with one attached hydrogen (secondary N) is 1. The van der Waals surface area contributed by atoms with Crippen LogP contribution in [0.3, 0.4) is 0 Å². The van der Waals surface area contributed by atoms with Crippen LogP contribution in [0.1, 0.15) is 47.0 Å². The number of carbonyl (C=O) groups is 2. The summed E-state index contributed by atoms with van der Waals surface area (Å²) in [6.07, 6.45) is 5.00. The Bertz CT molecular complexity index is 613. The highest BCUT2D eigenvalue weighted by Crippen LogP contribution is 2.34. The van der Waals surface area contributed by atoms with Crippen molar-refractivity contribution >= 4 is 23.2 Å². The van der Waals surface area contributed by atoms with E-state index in [2.05, 4.69) is 12.2 Å². The van der Waals surface area contributed by atoms with Crippen molar-refractivity contribution in [3.05, 3.63) is 21.4 Å². The third-order valence-electron chi connectivity index (χ3n) is 5.16. The maximum Gasteiger partial charge on any atom is 0.255 e. The van der Waals surface area contributed by atoms with E-state index in [4.69, 9.17) is 5.73 Å². The van der Waals surface area contributed by atoms with E-state index < -0.39 is 0 Å². The fourth-order valence-corrected chi connectivity index (χ4v) is 4.98. The van der Waals surface area contributed by atoms with E-state index in [1.165, 1.54) is 10.4 Å². The highest BCUT2D eigenvalue weighted by Gasteiger charge is 2.31. The third kappa shape index (κ3) is 3.64. The molecule has 3 N–H and O–H groups in total. The number of hydrogen-bond acceptors (Lipinski definition) is 4. The van der Waals surface area contributed by atoms with Crippen LogP contribution in [0, 0.1) is 11.8 Å². The van der Waals surface area contributed by atoms with Crippen molar-refractivity contribution in [3.63, 3.8) is 0 Å². The first-order valence-electron chi connectivity index (χ1n) is 8.96. The van der Waals surface area contributed by atoms with Crippen LogP contribution < -0.4 is 11.1 Å². The summed E-state index contributed by atoms with van der Waals surface area (Å²) in [5.74, 6) is 0.742. The van der Waals surface area contributed by atoms with Gasteiger partial charge in [0.25, 0.3) is 5.91 Å². The van der Waals surface area contributed by atoms with Gasteiger partial charge < -0.3 is 16.0 Å². The molecule has 2 heterocycles. The summed E-state index contributed by atoms with van der Waals surface area (Å²) in [6, 6.07) is 0. The van der Waals surface area contributed by atoms with Crippen LogP contribution in [-0.4, -0.2) is 42.9 Å². The van der Waals surface area contributed by atoms with Crippen LogP contribution >= 0.6 is 11.3 Å². The summed E-state index contributed by atoms with van der Waals surface area (Å²) in [4.78, 5) is 28.4. The number of hydrogen-bond donors (Lipinski definition) is 2. The Hall–Kier alpha value is -1.40. The maximum absolute atomic E-state index is 13.0. The molecule has 5 nitrogen and oxygen atoms in total. The first kappa shape index (κ1) is 17.4. The van der Waals surface area contributed by atoms with Crippen molar-refractivity contribution in [1.29, 1.82) is 0 Å². The molecule has 0 aromatic carbocycles. The van der Waals surface area contributed by atoms with Gasteiger partial charge in [-0.3, -0.25) is 9.59 Å². The van der Waals surface area contributed by atoms with Gasteiger partial charge in [-0.15, -0.1) is 11.3 Å². The van der Waals surface area contributed by atoms with E-state index >= 15 is 0 Å². The Morgan fingerprint density at radius 2 is 2.25 bits per heavy atom. The molecule has 0 spiro atoms. The number of amides is 2. The second-order valence-electron chi connectivity index (χ2n) is 7.07. The Morgan fingerprint density at radius 3 is 3.04 bits per heavy atom. The quantitative estimate of drug-likeness (QED) is 0.870. The molecule has 24 heavy (non-hydrogen) atoms. The summed E-state index contributed by atoms with van der Waals surface area (Å²) in [5, 5.41) is 4.88. The normalized spacial score (nSPS) is 23.7. The van der Waals surface area contributed by atoms with Crippen LogP contribution in [0.25, 0.3) is 0 Å². The lowest BCUT2D eigenvalue weighted by Crippen LogP contribution is -2.46. The van der Waals surface area contributed by atoms with Crippen molar-refractivity contribution in [3.8, 4) is 0 Å². The number of likely N-dealkylation sites (tertiary alicyclic amines) is 1. The number of fused-ring (bicyclic) bond motifs is 1. The molecule has 1 aliphatic carbocycles. The average Bonchev–Trinajstić information content (AvgIpc) is 3.02. The lowest BCUT2D eigenvalue weighted by molar-refractivity contribution is -0.126. The second kappa shape index (κ2) is 7.66. The zero-order chi connectivity index (χ0) is 17.1. The lowest BCUT2D eigenvalue weighted by atomic mass is 9.88. The minimum Gasteiger partial charge on any atom is -0.355 e. The van der Waals surface area contributed by atoms with Crippen LogP contribution in [0.2, 0.25) is 0 Å². The summed E-state index contributed by atoms with van der Waals surface area (Å²) in [6.45, 7) is 4.50. The third-order valence-corrected chi connectivity index (χ3v) is 6.21. The first-order chi connectivity index (χ1) is 11.6. The van der Waals surface area contributed by atoms with E-state index in [0.717, 1.165) is 44.2 Å². The minimum atomic E-state index is -0.108. The molecule has 2 unspecified atom stereocenters. The molecule has 1 aliphatic heterocycles. The monoisotopic (exact) mass is 349 g/mol. The molecule has 0 saturated carbocycles. The zero-order valence-corrected chi connectivity index (χ0v) is 15.2. The molecule has 0 radical (unpaired) electrons. The van der Waals surface area contributed by atoms with E-state index in [9.17, 15) is 9.59 Å². The number of nitrogens with two attached hydrogens (primary N) is 1. The summed E-state index contributed by atoms with van der Waals surface area (Å²) in [5.41, 5.74) is 7.58. The van der Waals surface area contributed by atoms with Crippen LogP contribution in [0.4, 0.5) is 0 Å². The summed E-state index contributed by atoms with van der Waals surface area (Å²) in [7, 11) is 0. The molecule has 3 rings (SSSR count). The largest absolute Gasteiger partial charge is 0.355 e. The van der Waals surface area contributed by atoms with Gasteiger partial charge in [-0.25, -0.2) is 0 Å². The standard InChI is InChI=1S/C18H27N3O2S/c1-12-4-5-14-15(11-24-16(14)9-12)18(23)21-8-2-3-13(10-21)17(22)20-7-6-19/h11-13H,2-10,19H2,1H3,(H,20,22). The van der Waals surface area contributed by atoms with Gasteiger partial charge in [0.05, 0.1) is 11.5 Å². The van der Waals surface area contributed by atoms with Gasteiger partial charge >= 0.3 is 0 Å². The van der Waals surface area contributed by atoms with E-state index in [1.807, 2.05) is 10.3 Å². The molecule has 2 amide bonds. The Kier molecular flexibility index (Phi) is 5.56. The van der Waals surface area contributed by atoms with Gasteiger partial charge in [0, 0.05) is 36.4 Å². The second-order valence-corrected chi connectivity index (χ2v) is 8.03. The van der Waals surface area contributed by atoms with Crippen molar-refractivity contribution in [2.24, 2.45) is 17.6 Å². The molecule has 2 aliphatic rings. The van der Waals surface area contributed by atoms with Crippen LogP contribution in [0.15, 0.2) is 5.38 Å². The predicted molar refractivity (Wildman–Crippen MR) is 96.2 cm³/mol. The fourth-order valence-electron chi connectivity index (χ4n) is 3.74. The summed E-state index contributed by atoms with van der Waals surface area (Å²) < 4.78 is 0. The molecule has 1 saturated heterocycles. The van der Waals surface area contributed by atoms with Crippen molar-refractivity contribution in [1.82, 2.24) is 10.2 Å². The molecular weight excluding hydrogens is 322 g/mol. The molecule has 0 bridgehead atoms. The first-order valence-corrected chi connectivity index (χ1v) is 9.84. The highest BCUT2D eigenvalue weighted by atomic mass is 32.1. The average molecular weight is 350 g/mol. The number of piperidine rings is 1. The SMILES string of the molecule is CC1CCc2c(C(=O)N3CCCC(C(=O)NCCN)C3)csc2C1. The van der Waals surface area contributed by atoms with Crippen molar-refractivity contribution in [2.45, 2.75) is 39.0 Å². The Labute approximate surface area is 147 Å². The fraction of sp³-hybridized carbons (Fsp3) is 0.667. The van der Waals surface area contributed by atoms with Gasteiger partial charge in [0.2, 0.25) is 5.91 Å². The smallest absolute Gasteiger partial charge is 0.255 e. The van der Waals surface area contributed by atoms with E-state index in [1.54, 1.807) is 11.3 Å². The zero-order valence-electron chi connectivity index (χ0n) is 14.3. The maximum atomic E-state index is 13.0. The van der Waals surface area contributed by atoms with Gasteiger partial charge in [-0.2, -0.15) is 0 Å². The van der Waals surface area contributed by atoms with Crippen LogP contribution in [0.5, 0.6) is 0 Å². The van der Waals surface area contributed by atoms with Gasteiger partial charge in [-0.05, 0) is 43.6 Å². The molecule has 1 aromatic rings. The topological polar surface area (TPSA) is 75.4 Å². The van der Waals surface area contributed by atoms with Gasteiger partial charge in [0.1, 0.15) is 0 Å². The highest BCUT2D eigenvalue weighted by molar-refractivity contribution is 7.10. The van der Waals surface area contributed by atoms with Crippen molar-refractivity contribution < 1.29 is 9.59 Å². The summed E-state index contributed by atoms with van der Waals surface area (Å²) >= 11 is 1.73. The minimum absolute atomic E-state index is 0.0270. The van der Waals surface area contributed by atoms with E-state index in [0.29, 0.717) is 25.6 Å². The molecule has 2 atom stereocenters. The lowest BCUT2D eigenvalue weighted by Gasteiger charge is -2.32. The number of carbonyl (C=O) groups excluding carboxylic acids is 2. The molecular formula is C18H27N3O2S. The molecule has 132 valence electrons. The van der Waals surface area contributed by atoms with E-state index in [-0.39, 0.29) is 17.7 Å². The Balaban J connectivity index is 1.68. The Morgan fingerprint density at radius 1 is 1.42 bits per heavy atom.